The number of alkyl halides is 1. The van der Waals surface area contributed by atoms with Crippen LogP contribution in [0.5, 0.6) is 0 Å². The Bertz CT molecular complexity index is 453. The SMILES string of the molecule is O=C(Cc1ccc(F)c(F)c1)NC1CCCC1Cl. The molecule has 1 fully saturated rings. The molecule has 1 saturated carbocycles. The molecule has 0 spiro atoms. The van der Waals surface area contributed by atoms with Gasteiger partial charge in [0.1, 0.15) is 0 Å². The largest absolute Gasteiger partial charge is 0.352 e. The summed E-state index contributed by atoms with van der Waals surface area (Å²) in [6.45, 7) is 0. The predicted molar refractivity (Wildman–Crippen MR) is 65.5 cm³/mol. The first kappa shape index (κ1) is 13.3. The van der Waals surface area contributed by atoms with Gasteiger partial charge in [0, 0.05) is 6.04 Å². The summed E-state index contributed by atoms with van der Waals surface area (Å²) in [7, 11) is 0. The van der Waals surface area contributed by atoms with Crippen LogP contribution in [0.1, 0.15) is 24.8 Å². The van der Waals surface area contributed by atoms with Crippen LogP contribution in [0.4, 0.5) is 8.78 Å². The Hall–Kier alpha value is -1.16. The van der Waals surface area contributed by atoms with Crippen molar-refractivity contribution in [2.75, 3.05) is 0 Å². The number of amides is 1. The molecule has 0 bridgehead atoms. The average molecular weight is 274 g/mol. The number of benzene rings is 1. The minimum absolute atomic E-state index is 0.00976. The summed E-state index contributed by atoms with van der Waals surface area (Å²) in [5.74, 6) is -2.05. The van der Waals surface area contributed by atoms with Gasteiger partial charge in [-0.15, -0.1) is 11.6 Å². The molecule has 0 aliphatic heterocycles. The van der Waals surface area contributed by atoms with Crippen molar-refractivity contribution in [3.05, 3.63) is 35.4 Å². The van der Waals surface area contributed by atoms with Crippen molar-refractivity contribution in [2.45, 2.75) is 37.1 Å². The van der Waals surface area contributed by atoms with Gasteiger partial charge in [-0.2, -0.15) is 0 Å². The third-order valence-electron chi connectivity index (χ3n) is 3.13. The number of nitrogens with one attached hydrogen (secondary N) is 1. The highest BCUT2D eigenvalue weighted by molar-refractivity contribution is 6.21. The summed E-state index contributed by atoms with van der Waals surface area (Å²) in [5.41, 5.74) is 0.454. The monoisotopic (exact) mass is 273 g/mol. The topological polar surface area (TPSA) is 29.1 Å². The number of hydrogen-bond acceptors (Lipinski definition) is 1. The van der Waals surface area contributed by atoms with E-state index in [1.54, 1.807) is 0 Å². The molecule has 1 aromatic rings. The first-order valence-corrected chi connectivity index (χ1v) is 6.37. The number of rotatable bonds is 3. The summed E-state index contributed by atoms with van der Waals surface area (Å²) in [6, 6.07) is 3.47. The predicted octanol–water partition coefficient (Wildman–Crippen LogP) is 2.78. The lowest BCUT2D eigenvalue weighted by Crippen LogP contribution is -2.38. The first-order chi connectivity index (χ1) is 8.56. The Balaban J connectivity index is 1.92. The highest BCUT2D eigenvalue weighted by Crippen LogP contribution is 2.24. The van der Waals surface area contributed by atoms with Gasteiger partial charge in [0.05, 0.1) is 11.8 Å². The van der Waals surface area contributed by atoms with E-state index in [2.05, 4.69) is 5.32 Å². The standard InChI is InChI=1S/C13H14ClF2NO/c14-9-2-1-3-12(9)17-13(18)7-8-4-5-10(15)11(16)6-8/h4-6,9,12H,1-3,7H2,(H,17,18). The summed E-state index contributed by atoms with van der Waals surface area (Å²) in [6.07, 6.45) is 2.82. The van der Waals surface area contributed by atoms with Gasteiger partial charge in [-0.1, -0.05) is 6.07 Å². The van der Waals surface area contributed by atoms with Crippen molar-refractivity contribution >= 4 is 17.5 Å². The van der Waals surface area contributed by atoms with Gasteiger partial charge in [0.15, 0.2) is 11.6 Å². The Labute approximate surface area is 109 Å². The van der Waals surface area contributed by atoms with Crippen molar-refractivity contribution in [3.63, 3.8) is 0 Å². The van der Waals surface area contributed by atoms with Crippen LogP contribution in [0.15, 0.2) is 18.2 Å². The van der Waals surface area contributed by atoms with Crippen LogP contribution in [0.2, 0.25) is 0 Å². The van der Waals surface area contributed by atoms with E-state index in [9.17, 15) is 13.6 Å². The zero-order chi connectivity index (χ0) is 13.1. The molecule has 1 N–H and O–H groups in total. The fraction of sp³-hybridized carbons (Fsp3) is 0.462. The molecule has 2 unspecified atom stereocenters. The lowest BCUT2D eigenvalue weighted by Gasteiger charge is -2.15. The van der Waals surface area contributed by atoms with E-state index in [4.69, 9.17) is 11.6 Å². The number of halogens is 3. The molecule has 1 aliphatic carbocycles. The summed E-state index contributed by atoms with van der Waals surface area (Å²) < 4.78 is 25.7. The quantitative estimate of drug-likeness (QED) is 0.843. The molecule has 0 saturated heterocycles. The van der Waals surface area contributed by atoms with Gasteiger partial charge < -0.3 is 5.32 Å². The second-order valence-corrected chi connectivity index (χ2v) is 5.11. The Morgan fingerprint density at radius 1 is 1.33 bits per heavy atom. The van der Waals surface area contributed by atoms with E-state index < -0.39 is 11.6 Å². The van der Waals surface area contributed by atoms with Crippen molar-refractivity contribution in [2.24, 2.45) is 0 Å². The molecule has 1 aliphatic rings. The van der Waals surface area contributed by atoms with Crippen LogP contribution < -0.4 is 5.32 Å². The highest BCUT2D eigenvalue weighted by Gasteiger charge is 2.26. The molecule has 5 heteroatoms. The van der Waals surface area contributed by atoms with Crippen LogP contribution in [-0.2, 0) is 11.2 Å². The van der Waals surface area contributed by atoms with Crippen LogP contribution in [0, 0.1) is 11.6 Å². The normalized spacial score (nSPS) is 23.1. The lowest BCUT2D eigenvalue weighted by molar-refractivity contribution is -0.121. The van der Waals surface area contributed by atoms with E-state index in [1.807, 2.05) is 0 Å². The van der Waals surface area contributed by atoms with Crippen molar-refractivity contribution in [3.8, 4) is 0 Å². The zero-order valence-corrected chi connectivity index (χ0v) is 10.5. The smallest absolute Gasteiger partial charge is 0.224 e. The molecule has 0 heterocycles. The Kier molecular flexibility index (Phi) is 4.17. The third-order valence-corrected chi connectivity index (χ3v) is 3.65. The van der Waals surface area contributed by atoms with Crippen molar-refractivity contribution < 1.29 is 13.6 Å². The van der Waals surface area contributed by atoms with Crippen molar-refractivity contribution in [1.82, 2.24) is 5.32 Å². The van der Waals surface area contributed by atoms with E-state index >= 15 is 0 Å². The average Bonchev–Trinajstić information content (AvgIpc) is 2.70. The van der Waals surface area contributed by atoms with E-state index in [1.165, 1.54) is 6.07 Å². The molecular formula is C13H14ClF2NO. The van der Waals surface area contributed by atoms with Crippen LogP contribution in [0.3, 0.4) is 0 Å². The number of carbonyl (C=O) groups excluding carboxylic acids is 1. The fourth-order valence-corrected chi connectivity index (χ4v) is 2.51. The van der Waals surface area contributed by atoms with E-state index in [0.717, 1.165) is 31.4 Å². The highest BCUT2D eigenvalue weighted by atomic mass is 35.5. The summed E-state index contributed by atoms with van der Waals surface area (Å²) >= 11 is 6.05. The number of hydrogen-bond donors (Lipinski definition) is 1. The van der Waals surface area contributed by atoms with Gasteiger partial charge in [-0.05, 0) is 37.0 Å². The molecule has 18 heavy (non-hydrogen) atoms. The maximum atomic E-state index is 13.0. The van der Waals surface area contributed by atoms with Crippen LogP contribution in [-0.4, -0.2) is 17.3 Å². The van der Waals surface area contributed by atoms with Gasteiger partial charge in [-0.25, -0.2) is 8.78 Å². The molecule has 2 rings (SSSR count). The molecular weight excluding hydrogens is 260 g/mol. The van der Waals surface area contributed by atoms with Gasteiger partial charge >= 0.3 is 0 Å². The second-order valence-electron chi connectivity index (χ2n) is 4.55. The first-order valence-electron chi connectivity index (χ1n) is 5.93. The van der Waals surface area contributed by atoms with E-state index in [0.29, 0.717) is 5.56 Å². The summed E-state index contributed by atoms with van der Waals surface area (Å²) in [5, 5.41) is 2.80. The van der Waals surface area contributed by atoms with Gasteiger partial charge in [-0.3, -0.25) is 4.79 Å². The molecule has 2 nitrogen and oxygen atoms in total. The fourth-order valence-electron chi connectivity index (χ4n) is 2.17. The molecule has 1 amide bonds. The molecule has 0 radical (unpaired) electrons. The molecule has 2 atom stereocenters. The molecule has 98 valence electrons. The second kappa shape index (κ2) is 5.65. The maximum Gasteiger partial charge on any atom is 0.224 e. The van der Waals surface area contributed by atoms with Crippen molar-refractivity contribution in [1.29, 1.82) is 0 Å². The third kappa shape index (κ3) is 3.19. The zero-order valence-electron chi connectivity index (χ0n) is 9.76. The Morgan fingerprint density at radius 3 is 2.72 bits per heavy atom. The van der Waals surface area contributed by atoms with Gasteiger partial charge in [0.2, 0.25) is 5.91 Å². The van der Waals surface area contributed by atoms with Crippen LogP contribution in [0.25, 0.3) is 0 Å². The van der Waals surface area contributed by atoms with Crippen LogP contribution >= 0.6 is 11.6 Å². The minimum atomic E-state index is -0.934. The Morgan fingerprint density at radius 2 is 2.11 bits per heavy atom. The molecule has 1 aromatic carbocycles. The number of carbonyl (C=O) groups is 1. The van der Waals surface area contributed by atoms with Gasteiger partial charge in [0.25, 0.3) is 0 Å². The minimum Gasteiger partial charge on any atom is -0.352 e. The lowest BCUT2D eigenvalue weighted by atomic mass is 10.1. The molecule has 0 aromatic heterocycles. The van der Waals surface area contributed by atoms with E-state index in [-0.39, 0.29) is 23.7 Å². The maximum absolute atomic E-state index is 13.0. The summed E-state index contributed by atoms with van der Waals surface area (Å²) in [4.78, 5) is 11.7.